The van der Waals surface area contributed by atoms with Crippen molar-refractivity contribution in [1.29, 1.82) is 0 Å². The smallest absolute Gasteiger partial charge is 0.257 e. The fraction of sp³-hybridized carbons (Fsp3) is 0.692. The van der Waals surface area contributed by atoms with E-state index in [2.05, 4.69) is 5.10 Å². The summed E-state index contributed by atoms with van der Waals surface area (Å²) in [4.78, 5) is 14.4. The van der Waals surface area contributed by atoms with E-state index in [0.717, 1.165) is 30.6 Å². The number of morpholine rings is 1. The number of carbonyl (C=O) groups excluding carboxylic acids is 1. The van der Waals surface area contributed by atoms with Crippen molar-refractivity contribution in [3.63, 3.8) is 0 Å². The van der Waals surface area contributed by atoms with Crippen LogP contribution in [-0.2, 0) is 17.7 Å². The molecule has 20 heavy (non-hydrogen) atoms. The number of halogens is 1. The second-order valence-electron chi connectivity index (χ2n) is 5.23. The number of ether oxygens (including phenoxy) is 1. The maximum absolute atomic E-state index is 12.5. The van der Waals surface area contributed by atoms with Crippen molar-refractivity contribution in [2.45, 2.75) is 19.4 Å². The SMILES string of the molecule is Cl.NCC1CCn2ncc(C(=O)N3CCOCC3)c2C1. The minimum atomic E-state index is 0. The van der Waals surface area contributed by atoms with Gasteiger partial charge in [-0.1, -0.05) is 0 Å². The summed E-state index contributed by atoms with van der Waals surface area (Å²) in [5, 5.41) is 4.34. The first-order chi connectivity index (χ1) is 9.29. The van der Waals surface area contributed by atoms with Gasteiger partial charge in [0.1, 0.15) is 0 Å². The average molecular weight is 301 g/mol. The van der Waals surface area contributed by atoms with Crippen molar-refractivity contribution < 1.29 is 9.53 Å². The predicted molar refractivity (Wildman–Crippen MR) is 77.1 cm³/mol. The maximum atomic E-state index is 12.5. The number of fused-ring (bicyclic) bond motifs is 1. The van der Waals surface area contributed by atoms with Gasteiger partial charge in [-0.05, 0) is 25.3 Å². The van der Waals surface area contributed by atoms with Gasteiger partial charge in [0.2, 0.25) is 0 Å². The van der Waals surface area contributed by atoms with Crippen LogP contribution in [0, 0.1) is 5.92 Å². The van der Waals surface area contributed by atoms with Gasteiger partial charge in [-0.15, -0.1) is 12.4 Å². The number of hydrogen-bond acceptors (Lipinski definition) is 4. The molecule has 3 heterocycles. The number of rotatable bonds is 2. The lowest BCUT2D eigenvalue weighted by Crippen LogP contribution is -2.41. The number of hydrogen-bond donors (Lipinski definition) is 1. The molecule has 7 heteroatoms. The molecule has 1 unspecified atom stereocenters. The van der Waals surface area contributed by atoms with E-state index in [-0.39, 0.29) is 18.3 Å². The van der Waals surface area contributed by atoms with Crippen molar-refractivity contribution in [2.24, 2.45) is 11.7 Å². The third-order valence-electron chi connectivity index (χ3n) is 4.04. The Balaban J connectivity index is 0.00000147. The number of carbonyl (C=O) groups is 1. The molecule has 2 aliphatic heterocycles. The minimum Gasteiger partial charge on any atom is -0.378 e. The summed E-state index contributed by atoms with van der Waals surface area (Å²) < 4.78 is 7.24. The Kier molecular flexibility index (Phi) is 5.01. The highest BCUT2D eigenvalue weighted by molar-refractivity contribution is 5.95. The third kappa shape index (κ3) is 2.82. The molecule has 6 nitrogen and oxygen atoms in total. The molecule has 3 rings (SSSR count). The first kappa shape index (κ1) is 15.3. The number of nitrogens with zero attached hydrogens (tertiary/aromatic N) is 3. The Hall–Kier alpha value is -1.11. The summed E-state index contributed by atoms with van der Waals surface area (Å²) in [6.45, 7) is 4.14. The van der Waals surface area contributed by atoms with Crippen LogP contribution in [0.15, 0.2) is 6.20 Å². The molecule has 0 spiro atoms. The van der Waals surface area contributed by atoms with Crippen LogP contribution in [0.2, 0.25) is 0 Å². The van der Waals surface area contributed by atoms with Crippen LogP contribution in [0.3, 0.4) is 0 Å². The second kappa shape index (κ2) is 6.56. The Bertz CT molecular complexity index is 471. The van der Waals surface area contributed by atoms with Crippen LogP contribution in [-0.4, -0.2) is 53.4 Å². The molecule has 1 amide bonds. The first-order valence-electron chi connectivity index (χ1n) is 6.91. The molecule has 1 atom stereocenters. The average Bonchev–Trinajstić information content (AvgIpc) is 2.90. The Labute approximate surface area is 124 Å². The predicted octanol–water partition coefficient (Wildman–Crippen LogP) is 0.298. The van der Waals surface area contributed by atoms with Crippen LogP contribution in [0.1, 0.15) is 22.5 Å². The Morgan fingerprint density at radius 2 is 2.15 bits per heavy atom. The van der Waals surface area contributed by atoms with Gasteiger partial charge in [-0.25, -0.2) is 0 Å². The third-order valence-corrected chi connectivity index (χ3v) is 4.04. The second-order valence-corrected chi connectivity index (χ2v) is 5.23. The van der Waals surface area contributed by atoms with Crippen LogP contribution in [0.5, 0.6) is 0 Å². The van der Waals surface area contributed by atoms with E-state index in [1.54, 1.807) is 6.20 Å². The topological polar surface area (TPSA) is 73.4 Å². The standard InChI is InChI=1S/C13H20N4O2.ClH/c14-8-10-1-2-17-12(7-10)11(9-15-17)13(18)16-3-5-19-6-4-16;/h9-10H,1-8,14H2;1H. The summed E-state index contributed by atoms with van der Waals surface area (Å²) in [5.74, 6) is 0.558. The molecule has 0 radical (unpaired) electrons. The van der Waals surface area contributed by atoms with E-state index in [0.29, 0.717) is 38.8 Å². The quantitative estimate of drug-likeness (QED) is 0.852. The van der Waals surface area contributed by atoms with Crippen molar-refractivity contribution >= 4 is 18.3 Å². The molecule has 2 aliphatic rings. The molecule has 0 aliphatic carbocycles. The van der Waals surface area contributed by atoms with Gasteiger partial charge in [-0.3, -0.25) is 9.48 Å². The van der Waals surface area contributed by atoms with Gasteiger partial charge in [0, 0.05) is 19.6 Å². The minimum absolute atomic E-state index is 0. The van der Waals surface area contributed by atoms with Crippen LogP contribution in [0.25, 0.3) is 0 Å². The molecule has 112 valence electrons. The fourth-order valence-corrected chi connectivity index (χ4v) is 2.82. The van der Waals surface area contributed by atoms with Crippen LogP contribution < -0.4 is 5.73 Å². The molecule has 0 saturated carbocycles. The van der Waals surface area contributed by atoms with Gasteiger partial charge in [0.15, 0.2) is 0 Å². The number of aromatic nitrogens is 2. The lowest BCUT2D eigenvalue weighted by atomic mass is 9.94. The summed E-state index contributed by atoms with van der Waals surface area (Å²) in [6.07, 6.45) is 3.63. The van der Waals surface area contributed by atoms with Crippen LogP contribution >= 0.6 is 12.4 Å². The van der Waals surface area contributed by atoms with E-state index < -0.39 is 0 Å². The van der Waals surface area contributed by atoms with Gasteiger partial charge < -0.3 is 15.4 Å². The Morgan fingerprint density at radius 3 is 2.85 bits per heavy atom. The lowest BCUT2D eigenvalue weighted by molar-refractivity contribution is 0.0301. The summed E-state index contributed by atoms with van der Waals surface area (Å²) in [6, 6.07) is 0. The highest BCUT2D eigenvalue weighted by Gasteiger charge is 2.27. The summed E-state index contributed by atoms with van der Waals surface area (Å²) in [5.41, 5.74) is 7.56. The van der Waals surface area contributed by atoms with Crippen molar-refractivity contribution in [2.75, 3.05) is 32.8 Å². The number of nitrogens with two attached hydrogens (primary N) is 1. The van der Waals surface area contributed by atoms with E-state index in [9.17, 15) is 4.79 Å². The lowest BCUT2D eigenvalue weighted by Gasteiger charge is -2.28. The van der Waals surface area contributed by atoms with Crippen LogP contribution in [0.4, 0.5) is 0 Å². The highest BCUT2D eigenvalue weighted by Crippen LogP contribution is 2.23. The monoisotopic (exact) mass is 300 g/mol. The zero-order valence-electron chi connectivity index (χ0n) is 11.5. The summed E-state index contributed by atoms with van der Waals surface area (Å²) in [7, 11) is 0. The first-order valence-corrected chi connectivity index (χ1v) is 6.91. The fourth-order valence-electron chi connectivity index (χ4n) is 2.82. The molecular weight excluding hydrogens is 280 g/mol. The maximum Gasteiger partial charge on any atom is 0.257 e. The van der Waals surface area contributed by atoms with E-state index in [4.69, 9.17) is 10.5 Å². The van der Waals surface area contributed by atoms with E-state index in [1.807, 2.05) is 9.58 Å². The molecule has 1 aromatic rings. The van der Waals surface area contributed by atoms with Crippen molar-refractivity contribution in [3.8, 4) is 0 Å². The Morgan fingerprint density at radius 1 is 1.40 bits per heavy atom. The molecule has 1 saturated heterocycles. The van der Waals surface area contributed by atoms with E-state index in [1.165, 1.54) is 0 Å². The summed E-state index contributed by atoms with van der Waals surface area (Å²) >= 11 is 0. The highest BCUT2D eigenvalue weighted by atomic mass is 35.5. The van der Waals surface area contributed by atoms with Gasteiger partial charge >= 0.3 is 0 Å². The van der Waals surface area contributed by atoms with Gasteiger partial charge in [-0.2, -0.15) is 5.10 Å². The normalized spacial score (nSPS) is 22.1. The number of amides is 1. The largest absolute Gasteiger partial charge is 0.378 e. The van der Waals surface area contributed by atoms with Gasteiger partial charge in [0.25, 0.3) is 5.91 Å². The molecule has 0 aromatic carbocycles. The van der Waals surface area contributed by atoms with Crippen molar-refractivity contribution in [3.05, 3.63) is 17.5 Å². The molecule has 1 fully saturated rings. The van der Waals surface area contributed by atoms with E-state index >= 15 is 0 Å². The van der Waals surface area contributed by atoms with Crippen molar-refractivity contribution in [1.82, 2.24) is 14.7 Å². The zero-order valence-corrected chi connectivity index (χ0v) is 12.3. The molecular formula is C13H21ClN4O2. The molecule has 2 N–H and O–H groups in total. The molecule has 0 bridgehead atoms. The van der Waals surface area contributed by atoms with Gasteiger partial charge in [0.05, 0.1) is 30.7 Å². The molecule has 1 aromatic heterocycles. The number of aryl methyl sites for hydroxylation is 1. The zero-order chi connectivity index (χ0) is 13.2.